The molecule has 0 saturated carbocycles. The van der Waals surface area contributed by atoms with Crippen molar-refractivity contribution in [3.63, 3.8) is 0 Å². The Labute approximate surface area is 72.1 Å². The molecule has 0 unspecified atom stereocenters. The zero-order valence-electron chi connectivity index (χ0n) is 7.34. The summed E-state index contributed by atoms with van der Waals surface area (Å²) < 4.78 is 4.41. The normalized spacial score (nSPS) is 9.42. The van der Waals surface area contributed by atoms with Crippen LogP contribution >= 0.6 is 0 Å². The van der Waals surface area contributed by atoms with E-state index in [2.05, 4.69) is 4.74 Å². The standard InChI is InChI=1S/C8H15NO3/c1-2-3-4-7(10)5-6-12-8(9)11/h2-6H2,1H3,(H2,9,11). The van der Waals surface area contributed by atoms with Crippen LogP contribution < -0.4 is 5.73 Å². The molecule has 0 atom stereocenters. The highest BCUT2D eigenvalue weighted by molar-refractivity contribution is 5.78. The molecule has 70 valence electrons. The molecule has 0 saturated heterocycles. The molecule has 0 heterocycles. The van der Waals surface area contributed by atoms with Gasteiger partial charge in [0.25, 0.3) is 0 Å². The Hall–Kier alpha value is -1.06. The van der Waals surface area contributed by atoms with E-state index < -0.39 is 6.09 Å². The summed E-state index contributed by atoms with van der Waals surface area (Å²) >= 11 is 0. The van der Waals surface area contributed by atoms with Crippen molar-refractivity contribution in [2.24, 2.45) is 5.73 Å². The maximum absolute atomic E-state index is 11.0. The molecule has 12 heavy (non-hydrogen) atoms. The van der Waals surface area contributed by atoms with Crippen molar-refractivity contribution in [1.29, 1.82) is 0 Å². The van der Waals surface area contributed by atoms with Crippen LogP contribution in [0.15, 0.2) is 0 Å². The van der Waals surface area contributed by atoms with Crippen LogP contribution in [0.5, 0.6) is 0 Å². The lowest BCUT2D eigenvalue weighted by Crippen LogP contribution is -2.15. The lowest BCUT2D eigenvalue weighted by Gasteiger charge is -1.99. The predicted molar refractivity (Wildman–Crippen MR) is 44.7 cm³/mol. The number of primary amides is 1. The van der Waals surface area contributed by atoms with Crippen molar-refractivity contribution in [3.8, 4) is 0 Å². The van der Waals surface area contributed by atoms with Gasteiger partial charge in [-0.3, -0.25) is 4.79 Å². The number of unbranched alkanes of at least 4 members (excludes halogenated alkanes) is 1. The van der Waals surface area contributed by atoms with Gasteiger partial charge in [-0.2, -0.15) is 0 Å². The number of rotatable bonds is 6. The first-order valence-electron chi connectivity index (χ1n) is 4.10. The molecular weight excluding hydrogens is 158 g/mol. The molecule has 1 amide bonds. The van der Waals surface area contributed by atoms with Crippen molar-refractivity contribution < 1.29 is 14.3 Å². The first kappa shape index (κ1) is 10.9. The van der Waals surface area contributed by atoms with E-state index in [0.717, 1.165) is 12.8 Å². The van der Waals surface area contributed by atoms with E-state index in [1.54, 1.807) is 0 Å². The quantitative estimate of drug-likeness (QED) is 0.656. The third-order valence-electron chi connectivity index (χ3n) is 1.43. The predicted octanol–water partition coefficient (Wildman–Crippen LogP) is 1.23. The molecule has 0 aromatic carbocycles. The van der Waals surface area contributed by atoms with Crippen LogP contribution in [0.4, 0.5) is 4.79 Å². The summed E-state index contributed by atoms with van der Waals surface area (Å²) in [5.41, 5.74) is 4.71. The first-order chi connectivity index (χ1) is 5.66. The van der Waals surface area contributed by atoms with Gasteiger partial charge in [0.05, 0.1) is 0 Å². The average molecular weight is 173 g/mol. The van der Waals surface area contributed by atoms with Crippen molar-refractivity contribution in [2.75, 3.05) is 6.61 Å². The Morgan fingerprint density at radius 2 is 2.00 bits per heavy atom. The Morgan fingerprint density at radius 3 is 2.50 bits per heavy atom. The molecule has 0 aliphatic rings. The molecule has 0 rings (SSSR count). The molecule has 4 nitrogen and oxygen atoms in total. The van der Waals surface area contributed by atoms with Crippen LogP contribution in [0, 0.1) is 0 Å². The molecule has 0 aromatic heterocycles. The fourth-order valence-corrected chi connectivity index (χ4v) is 0.764. The van der Waals surface area contributed by atoms with Gasteiger partial charge < -0.3 is 10.5 Å². The molecule has 0 radical (unpaired) electrons. The number of amides is 1. The Bertz CT molecular complexity index is 156. The van der Waals surface area contributed by atoms with Crippen LogP contribution in [0.1, 0.15) is 32.6 Å². The highest BCUT2D eigenvalue weighted by Gasteiger charge is 2.01. The number of carbonyl (C=O) groups is 2. The number of ether oxygens (including phenoxy) is 1. The SMILES string of the molecule is CCCCC(=O)CCOC(N)=O. The van der Waals surface area contributed by atoms with Crippen molar-refractivity contribution in [2.45, 2.75) is 32.6 Å². The van der Waals surface area contributed by atoms with Gasteiger partial charge in [-0.15, -0.1) is 0 Å². The summed E-state index contributed by atoms with van der Waals surface area (Å²) in [5, 5.41) is 0. The number of hydrogen-bond acceptors (Lipinski definition) is 3. The van der Waals surface area contributed by atoms with Crippen LogP contribution in [-0.4, -0.2) is 18.5 Å². The summed E-state index contributed by atoms with van der Waals surface area (Å²) in [5.74, 6) is 0.123. The minimum atomic E-state index is -0.821. The second kappa shape index (κ2) is 6.64. The highest BCUT2D eigenvalue weighted by Crippen LogP contribution is 1.98. The van der Waals surface area contributed by atoms with Gasteiger partial charge in [0.2, 0.25) is 0 Å². The summed E-state index contributed by atoms with van der Waals surface area (Å²) in [4.78, 5) is 21.0. The van der Waals surface area contributed by atoms with Gasteiger partial charge >= 0.3 is 6.09 Å². The summed E-state index contributed by atoms with van der Waals surface area (Å²) in [7, 11) is 0. The Balaban J connectivity index is 3.25. The molecular formula is C8H15NO3. The van der Waals surface area contributed by atoms with Gasteiger partial charge in [0, 0.05) is 12.8 Å². The van der Waals surface area contributed by atoms with Gasteiger partial charge in [0.15, 0.2) is 0 Å². The zero-order valence-corrected chi connectivity index (χ0v) is 7.34. The summed E-state index contributed by atoms with van der Waals surface area (Å²) in [6.45, 7) is 2.13. The van der Waals surface area contributed by atoms with E-state index in [1.165, 1.54) is 0 Å². The van der Waals surface area contributed by atoms with Gasteiger partial charge in [-0.1, -0.05) is 13.3 Å². The van der Waals surface area contributed by atoms with Crippen LogP contribution in [-0.2, 0) is 9.53 Å². The highest BCUT2D eigenvalue weighted by atomic mass is 16.5. The fraction of sp³-hybridized carbons (Fsp3) is 0.750. The monoisotopic (exact) mass is 173 g/mol. The molecule has 2 N–H and O–H groups in total. The number of carbonyl (C=O) groups excluding carboxylic acids is 2. The number of ketones is 1. The van der Waals surface area contributed by atoms with Gasteiger partial charge in [0.1, 0.15) is 12.4 Å². The largest absolute Gasteiger partial charge is 0.449 e. The molecule has 0 fully saturated rings. The molecule has 0 aliphatic carbocycles. The van der Waals surface area contributed by atoms with E-state index in [1.807, 2.05) is 6.92 Å². The topological polar surface area (TPSA) is 69.4 Å². The second-order valence-corrected chi connectivity index (χ2v) is 2.56. The van der Waals surface area contributed by atoms with E-state index in [4.69, 9.17) is 5.73 Å². The Morgan fingerprint density at radius 1 is 1.33 bits per heavy atom. The van der Waals surface area contributed by atoms with E-state index >= 15 is 0 Å². The molecule has 0 aliphatic heterocycles. The fourth-order valence-electron chi connectivity index (χ4n) is 0.764. The van der Waals surface area contributed by atoms with E-state index in [0.29, 0.717) is 6.42 Å². The molecule has 0 spiro atoms. The van der Waals surface area contributed by atoms with Crippen molar-refractivity contribution in [1.82, 2.24) is 0 Å². The lowest BCUT2D eigenvalue weighted by molar-refractivity contribution is -0.119. The van der Waals surface area contributed by atoms with Crippen LogP contribution in [0.25, 0.3) is 0 Å². The number of Topliss-reactive ketones (excluding diaryl/α,β-unsaturated/α-hetero) is 1. The summed E-state index contributed by atoms with van der Waals surface area (Å²) in [6.07, 6.45) is 1.93. The van der Waals surface area contributed by atoms with Crippen LogP contribution in [0.2, 0.25) is 0 Å². The smallest absolute Gasteiger partial charge is 0.404 e. The zero-order chi connectivity index (χ0) is 9.40. The maximum atomic E-state index is 11.0. The third-order valence-corrected chi connectivity index (χ3v) is 1.43. The van der Waals surface area contributed by atoms with E-state index in [9.17, 15) is 9.59 Å². The third kappa shape index (κ3) is 7.05. The molecule has 0 bridgehead atoms. The average Bonchev–Trinajstić information content (AvgIpc) is 2.00. The lowest BCUT2D eigenvalue weighted by atomic mass is 10.1. The van der Waals surface area contributed by atoms with Crippen molar-refractivity contribution >= 4 is 11.9 Å². The minimum absolute atomic E-state index is 0.109. The number of nitrogens with two attached hydrogens (primary N) is 1. The van der Waals surface area contributed by atoms with Gasteiger partial charge in [-0.05, 0) is 6.42 Å². The van der Waals surface area contributed by atoms with Crippen molar-refractivity contribution in [3.05, 3.63) is 0 Å². The molecule has 4 heteroatoms. The number of hydrogen-bond donors (Lipinski definition) is 1. The summed E-state index contributed by atoms with van der Waals surface area (Å²) in [6, 6.07) is 0. The van der Waals surface area contributed by atoms with Gasteiger partial charge in [-0.25, -0.2) is 4.79 Å². The second-order valence-electron chi connectivity index (χ2n) is 2.56. The maximum Gasteiger partial charge on any atom is 0.404 e. The molecule has 0 aromatic rings. The van der Waals surface area contributed by atoms with Crippen LogP contribution in [0.3, 0.4) is 0 Å². The van der Waals surface area contributed by atoms with E-state index in [-0.39, 0.29) is 18.8 Å². The first-order valence-corrected chi connectivity index (χ1v) is 4.10. The Kier molecular flexibility index (Phi) is 6.05. The minimum Gasteiger partial charge on any atom is -0.449 e.